The van der Waals surface area contributed by atoms with Gasteiger partial charge >= 0.3 is 0 Å². The molecular formula is C17H22OS. The molecule has 0 aliphatic rings. The smallest absolute Gasteiger partial charge is 0.0922 e. The topological polar surface area (TPSA) is 20.2 Å². The molecule has 0 amide bonds. The van der Waals surface area contributed by atoms with Crippen molar-refractivity contribution in [2.75, 3.05) is 0 Å². The van der Waals surface area contributed by atoms with Crippen LogP contribution in [0.5, 0.6) is 0 Å². The van der Waals surface area contributed by atoms with Crippen molar-refractivity contribution in [1.82, 2.24) is 0 Å². The van der Waals surface area contributed by atoms with Crippen LogP contribution in [0.4, 0.5) is 0 Å². The summed E-state index contributed by atoms with van der Waals surface area (Å²) in [5, 5.41) is 10.2. The van der Waals surface area contributed by atoms with Gasteiger partial charge in [0.25, 0.3) is 0 Å². The Morgan fingerprint density at radius 1 is 1.05 bits per heavy atom. The summed E-state index contributed by atoms with van der Waals surface area (Å²) in [6, 6.07) is 12.7. The Morgan fingerprint density at radius 2 is 1.68 bits per heavy atom. The molecule has 2 aromatic rings. The minimum absolute atomic E-state index is 0.183. The second-order valence-electron chi connectivity index (χ2n) is 6.12. The van der Waals surface area contributed by atoms with E-state index in [0.29, 0.717) is 6.42 Å². The molecule has 1 aromatic heterocycles. The minimum atomic E-state index is -0.390. The average Bonchev–Trinajstić information content (AvgIpc) is 2.75. The van der Waals surface area contributed by atoms with Crippen molar-refractivity contribution >= 4 is 11.3 Å². The van der Waals surface area contributed by atoms with Crippen molar-refractivity contribution < 1.29 is 5.11 Å². The highest BCUT2D eigenvalue weighted by atomic mass is 32.1. The van der Waals surface area contributed by atoms with Crippen LogP contribution in [-0.2, 0) is 11.8 Å². The third-order valence-electron chi connectivity index (χ3n) is 3.34. The lowest BCUT2D eigenvalue weighted by atomic mass is 9.86. The number of aliphatic hydroxyl groups is 1. The van der Waals surface area contributed by atoms with Crippen molar-refractivity contribution in [3.8, 4) is 0 Å². The number of aryl methyl sites for hydroxylation is 1. The second kappa shape index (κ2) is 5.48. The van der Waals surface area contributed by atoms with Gasteiger partial charge in [-0.05, 0) is 35.6 Å². The molecule has 2 heteroatoms. The molecule has 1 nitrogen and oxygen atoms in total. The highest BCUT2D eigenvalue weighted by Crippen LogP contribution is 2.27. The fraction of sp³-hybridized carbons (Fsp3) is 0.412. The van der Waals surface area contributed by atoms with Gasteiger partial charge in [-0.3, -0.25) is 0 Å². The molecule has 1 unspecified atom stereocenters. The highest BCUT2D eigenvalue weighted by Gasteiger charge is 2.14. The van der Waals surface area contributed by atoms with Crippen LogP contribution in [0.25, 0.3) is 0 Å². The summed E-state index contributed by atoms with van der Waals surface area (Å²) in [4.78, 5) is 2.30. The Bertz CT molecular complexity index is 531. The van der Waals surface area contributed by atoms with E-state index in [2.05, 4.69) is 58.0 Å². The molecule has 0 radical (unpaired) electrons. The van der Waals surface area contributed by atoms with Gasteiger partial charge in [0.05, 0.1) is 6.10 Å². The van der Waals surface area contributed by atoms with E-state index < -0.39 is 0 Å². The molecule has 0 fully saturated rings. The molecule has 2 rings (SSSR count). The zero-order valence-electron chi connectivity index (χ0n) is 12.1. The molecule has 1 atom stereocenters. The standard InChI is InChI=1S/C17H22OS/c1-12-5-10-16(19-12)15(18)11-13-6-8-14(9-7-13)17(2,3)4/h5-10,15,18H,11H2,1-4H3. The maximum absolute atomic E-state index is 10.2. The average molecular weight is 274 g/mol. The fourth-order valence-electron chi connectivity index (χ4n) is 2.10. The lowest BCUT2D eigenvalue weighted by Crippen LogP contribution is -2.11. The van der Waals surface area contributed by atoms with Crippen molar-refractivity contribution in [1.29, 1.82) is 0 Å². The van der Waals surface area contributed by atoms with Crippen molar-refractivity contribution in [2.24, 2.45) is 0 Å². The van der Waals surface area contributed by atoms with Crippen molar-refractivity contribution in [3.63, 3.8) is 0 Å². The summed E-state index contributed by atoms with van der Waals surface area (Å²) in [7, 11) is 0. The molecule has 102 valence electrons. The number of benzene rings is 1. The SMILES string of the molecule is Cc1ccc(C(O)Cc2ccc(C(C)(C)C)cc2)s1. The highest BCUT2D eigenvalue weighted by molar-refractivity contribution is 7.12. The Hall–Kier alpha value is -1.12. The maximum Gasteiger partial charge on any atom is 0.0922 e. The van der Waals surface area contributed by atoms with E-state index in [4.69, 9.17) is 0 Å². The van der Waals surface area contributed by atoms with Gasteiger partial charge in [-0.15, -0.1) is 11.3 Å². The molecule has 0 saturated carbocycles. The molecular weight excluding hydrogens is 252 g/mol. The second-order valence-corrected chi connectivity index (χ2v) is 7.43. The van der Waals surface area contributed by atoms with Gasteiger partial charge in [0.1, 0.15) is 0 Å². The van der Waals surface area contributed by atoms with E-state index in [-0.39, 0.29) is 11.5 Å². The third-order valence-corrected chi connectivity index (χ3v) is 4.44. The third kappa shape index (κ3) is 3.68. The first-order chi connectivity index (χ1) is 8.86. The number of hydrogen-bond acceptors (Lipinski definition) is 2. The summed E-state index contributed by atoms with van der Waals surface area (Å²) in [5.41, 5.74) is 2.70. The first-order valence-corrected chi connectivity index (χ1v) is 7.52. The summed E-state index contributed by atoms with van der Waals surface area (Å²) in [6.45, 7) is 8.71. The number of rotatable bonds is 3. The molecule has 1 N–H and O–H groups in total. The molecule has 0 spiro atoms. The van der Waals surface area contributed by atoms with Crippen molar-refractivity contribution in [2.45, 2.75) is 45.6 Å². The van der Waals surface area contributed by atoms with E-state index in [1.54, 1.807) is 11.3 Å². The Labute approximate surface area is 119 Å². The van der Waals surface area contributed by atoms with Gasteiger partial charge in [0.15, 0.2) is 0 Å². The van der Waals surface area contributed by atoms with Crippen LogP contribution in [0.1, 0.15) is 47.8 Å². The van der Waals surface area contributed by atoms with Crippen molar-refractivity contribution in [3.05, 3.63) is 57.3 Å². The van der Waals surface area contributed by atoms with Crippen LogP contribution >= 0.6 is 11.3 Å². The lowest BCUT2D eigenvalue weighted by Gasteiger charge is -2.19. The Balaban J connectivity index is 2.07. The van der Waals surface area contributed by atoms with Gasteiger partial charge in [0, 0.05) is 16.2 Å². The first-order valence-electron chi connectivity index (χ1n) is 6.70. The normalized spacial score (nSPS) is 13.5. The number of aliphatic hydroxyl groups excluding tert-OH is 1. The zero-order valence-corrected chi connectivity index (χ0v) is 12.9. The predicted octanol–water partition coefficient (Wildman–Crippen LogP) is 4.63. The van der Waals surface area contributed by atoms with Crippen LogP contribution in [0.15, 0.2) is 36.4 Å². The van der Waals surface area contributed by atoms with E-state index in [9.17, 15) is 5.11 Å². The molecule has 0 bridgehead atoms. The Kier molecular flexibility index (Phi) is 4.12. The van der Waals surface area contributed by atoms with Gasteiger partial charge in [-0.1, -0.05) is 45.0 Å². The fourth-order valence-corrected chi connectivity index (χ4v) is 2.96. The zero-order chi connectivity index (χ0) is 14.0. The molecule has 1 aromatic carbocycles. The van der Waals surface area contributed by atoms with Gasteiger partial charge in [0.2, 0.25) is 0 Å². The molecule has 0 aliphatic heterocycles. The van der Waals surface area contributed by atoms with E-state index >= 15 is 0 Å². The number of hydrogen-bond donors (Lipinski definition) is 1. The van der Waals surface area contributed by atoms with E-state index in [1.807, 2.05) is 6.07 Å². The molecule has 19 heavy (non-hydrogen) atoms. The quantitative estimate of drug-likeness (QED) is 0.865. The lowest BCUT2D eigenvalue weighted by molar-refractivity contribution is 0.182. The molecule has 0 saturated heterocycles. The van der Waals surface area contributed by atoms with Gasteiger partial charge in [-0.25, -0.2) is 0 Å². The van der Waals surface area contributed by atoms with E-state index in [0.717, 1.165) is 4.88 Å². The summed E-state index contributed by atoms with van der Waals surface area (Å²) in [5.74, 6) is 0. The van der Waals surface area contributed by atoms with E-state index in [1.165, 1.54) is 16.0 Å². The molecule has 1 heterocycles. The van der Waals surface area contributed by atoms with Gasteiger partial charge in [-0.2, -0.15) is 0 Å². The molecule has 0 aliphatic carbocycles. The van der Waals surface area contributed by atoms with Crippen LogP contribution < -0.4 is 0 Å². The van der Waals surface area contributed by atoms with Gasteiger partial charge < -0.3 is 5.11 Å². The van der Waals surface area contributed by atoms with Crippen LogP contribution in [0.3, 0.4) is 0 Å². The van der Waals surface area contributed by atoms with Crippen LogP contribution in [0, 0.1) is 6.92 Å². The summed E-state index contributed by atoms with van der Waals surface area (Å²) in [6.07, 6.45) is 0.295. The maximum atomic E-state index is 10.2. The minimum Gasteiger partial charge on any atom is -0.387 e. The van der Waals surface area contributed by atoms with Crippen LogP contribution in [-0.4, -0.2) is 5.11 Å². The predicted molar refractivity (Wildman–Crippen MR) is 82.9 cm³/mol. The number of thiophene rings is 1. The largest absolute Gasteiger partial charge is 0.387 e. The first kappa shape index (κ1) is 14.3. The van der Waals surface area contributed by atoms with Crippen LogP contribution in [0.2, 0.25) is 0 Å². The summed E-state index contributed by atoms with van der Waals surface area (Å²) < 4.78 is 0. The monoisotopic (exact) mass is 274 g/mol. The summed E-state index contributed by atoms with van der Waals surface area (Å²) >= 11 is 1.67. The Morgan fingerprint density at radius 3 is 2.16 bits per heavy atom.